The van der Waals surface area contributed by atoms with E-state index < -0.39 is 60.2 Å². The lowest BCUT2D eigenvalue weighted by molar-refractivity contribution is -0.145. The minimum absolute atomic E-state index is 0.116. The fraction of sp³-hybridized carbons (Fsp3) is 0.706. The fourth-order valence-corrected chi connectivity index (χ4v) is 3.18. The van der Waals surface area contributed by atoms with Crippen molar-refractivity contribution < 1.29 is 29.1 Å². The first-order chi connectivity index (χ1) is 13.5. The molecule has 1 heterocycles. The van der Waals surface area contributed by atoms with E-state index in [2.05, 4.69) is 23.3 Å². The molecule has 0 bridgehead atoms. The molecular weight excluding hydrogens is 402 g/mol. The number of thiol groups is 1. The number of nitrogens with two attached hydrogens (primary N) is 2. The molecule has 11 nitrogen and oxygen atoms in total. The largest absolute Gasteiger partial charge is 0.480 e. The zero-order valence-corrected chi connectivity index (χ0v) is 17.4. The van der Waals surface area contributed by atoms with Gasteiger partial charge < -0.3 is 32.1 Å². The first-order valence-electron chi connectivity index (χ1n) is 9.28. The lowest BCUT2D eigenvalue weighted by Crippen LogP contribution is -2.58. The van der Waals surface area contributed by atoms with Crippen molar-refractivity contribution in [3.63, 3.8) is 0 Å². The van der Waals surface area contributed by atoms with Crippen LogP contribution < -0.4 is 22.1 Å². The van der Waals surface area contributed by atoms with E-state index in [1.165, 1.54) is 4.90 Å². The fourth-order valence-electron chi connectivity index (χ4n) is 2.93. The van der Waals surface area contributed by atoms with Crippen LogP contribution in [0.25, 0.3) is 0 Å². The van der Waals surface area contributed by atoms with E-state index in [1.807, 2.05) is 0 Å². The van der Waals surface area contributed by atoms with E-state index in [9.17, 15) is 24.0 Å². The van der Waals surface area contributed by atoms with E-state index in [0.29, 0.717) is 12.8 Å². The van der Waals surface area contributed by atoms with Gasteiger partial charge >= 0.3 is 5.97 Å². The Morgan fingerprint density at radius 1 is 1.17 bits per heavy atom. The minimum Gasteiger partial charge on any atom is -0.480 e. The van der Waals surface area contributed by atoms with Crippen LogP contribution in [0.3, 0.4) is 0 Å². The Labute approximate surface area is 174 Å². The smallest absolute Gasteiger partial charge is 0.327 e. The van der Waals surface area contributed by atoms with Crippen LogP contribution in [-0.2, 0) is 24.0 Å². The van der Waals surface area contributed by atoms with Crippen LogP contribution >= 0.6 is 12.6 Å². The van der Waals surface area contributed by atoms with Gasteiger partial charge in [-0.2, -0.15) is 12.6 Å². The van der Waals surface area contributed by atoms with E-state index in [-0.39, 0.29) is 18.2 Å². The summed E-state index contributed by atoms with van der Waals surface area (Å²) < 4.78 is 0. The van der Waals surface area contributed by atoms with Crippen LogP contribution in [0.5, 0.6) is 0 Å². The number of hydrogen-bond acceptors (Lipinski definition) is 7. The highest BCUT2D eigenvalue weighted by Crippen LogP contribution is 2.20. The van der Waals surface area contributed by atoms with Gasteiger partial charge in [0, 0.05) is 12.3 Å². The van der Waals surface area contributed by atoms with Gasteiger partial charge in [0.2, 0.25) is 23.6 Å². The van der Waals surface area contributed by atoms with Crippen molar-refractivity contribution in [2.75, 3.05) is 12.3 Å². The highest BCUT2D eigenvalue weighted by atomic mass is 32.1. The van der Waals surface area contributed by atoms with Crippen LogP contribution in [0.2, 0.25) is 0 Å². The van der Waals surface area contributed by atoms with Crippen molar-refractivity contribution in [3.8, 4) is 0 Å². The number of nitrogens with one attached hydrogen (secondary N) is 2. The molecule has 164 valence electrons. The number of carbonyl (C=O) groups is 5. The summed E-state index contributed by atoms with van der Waals surface area (Å²) in [5.74, 6) is -4.26. The first-order valence-corrected chi connectivity index (χ1v) is 9.91. The molecule has 12 heteroatoms. The number of carboxylic acid groups (broad SMARTS) is 1. The number of aliphatic carboxylic acids is 1. The van der Waals surface area contributed by atoms with Crippen LogP contribution in [0.15, 0.2) is 0 Å². The third-order valence-corrected chi connectivity index (χ3v) is 5.04. The first kappa shape index (κ1) is 24.7. The molecule has 0 saturated carbocycles. The predicted molar refractivity (Wildman–Crippen MR) is 107 cm³/mol. The highest BCUT2D eigenvalue weighted by molar-refractivity contribution is 7.80. The van der Waals surface area contributed by atoms with Gasteiger partial charge in [0.05, 0.1) is 12.5 Å². The van der Waals surface area contributed by atoms with Gasteiger partial charge in [-0.05, 0) is 18.8 Å². The second-order valence-corrected chi connectivity index (χ2v) is 7.64. The molecule has 1 aliphatic heterocycles. The molecule has 1 aliphatic rings. The van der Waals surface area contributed by atoms with Crippen molar-refractivity contribution >= 4 is 42.2 Å². The van der Waals surface area contributed by atoms with Gasteiger partial charge in [-0.25, -0.2) is 4.79 Å². The van der Waals surface area contributed by atoms with E-state index in [1.54, 1.807) is 13.8 Å². The summed E-state index contributed by atoms with van der Waals surface area (Å²) in [4.78, 5) is 61.5. The monoisotopic (exact) mass is 431 g/mol. The molecule has 0 spiro atoms. The Morgan fingerprint density at radius 3 is 2.28 bits per heavy atom. The van der Waals surface area contributed by atoms with Gasteiger partial charge in [-0.15, -0.1) is 0 Å². The quantitative estimate of drug-likeness (QED) is 0.212. The molecule has 0 aromatic carbocycles. The van der Waals surface area contributed by atoms with Crippen LogP contribution in [0.4, 0.5) is 0 Å². The zero-order chi connectivity index (χ0) is 22.3. The van der Waals surface area contributed by atoms with E-state index in [4.69, 9.17) is 16.6 Å². The van der Waals surface area contributed by atoms with E-state index >= 15 is 0 Å². The zero-order valence-electron chi connectivity index (χ0n) is 16.5. The maximum Gasteiger partial charge on any atom is 0.327 e. The van der Waals surface area contributed by atoms with E-state index in [0.717, 1.165) is 0 Å². The number of amides is 4. The lowest BCUT2D eigenvalue weighted by Gasteiger charge is -2.29. The number of carbonyl (C=O) groups excluding carboxylic acids is 4. The molecule has 1 rings (SSSR count). The lowest BCUT2D eigenvalue weighted by atomic mass is 10.0. The van der Waals surface area contributed by atoms with Crippen LogP contribution in [0.1, 0.15) is 33.1 Å². The topological polar surface area (TPSA) is 185 Å². The summed E-state index contributed by atoms with van der Waals surface area (Å²) >= 11 is 3.89. The Morgan fingerprint density at radius 2 is 1.79 bits per heavy atom. The average Bonchev–Trinajstić information content (AvgIpc) is 3.13. The molecule has 0 aromatic heterocycles. The summed E-state index contributed by atoms with van der Waals surface area (Å²) in [7, 11) is 0. The SMILES string of the molecule is CC(C)C(N)C(=O)NC(CC(N)=O)C(=O)N1CCCC1C(=O)NC(CS)C(=O)O. The maximum absolute atomic E-state index is 13.0. The van der Waals surface area contributed by atoms with Crippen LogP contribution in [0, 0.1) is 5.92 Å². The molecule has 29 heavy (non-hydrogen) atoms. The molecule has 7 N–H and O–H groups in total. The summed E-state index contributed by atoms with van der Waals surface area (Å²) in [6.45, 7) is 3.68. The Kier molecular flexibility index (Phi) is 9.37. The average molecular weight is 432 g/mol. The Bertz CT molecular complexity index is 658. The summed E-state index contributed by atoms with van der Waals surface area (Å²) in [5, 5.41) is 13.8. The Hall–Kier alpha value is -2.34. The van der Waals surface area contributed by atoms with Gasteiger partial charge in [-0.3, -0.25) is 19.2 Å². The van der Waals surface area contributed by atoms with Crippen molar-refractivity contribution in [3.05, 3.63) is 0 Å². The van der Waals surface area contributed by atoms with Gasteiger partial charge in [0.1, 0.15) is 18.1 Å². The number of hydrogen-bond donors (Lipinski definition) is 6. The predicted octanol–water partition coefficient (Wildman–Crippen LogP) is -2.18. The molecule has 0 radical (unpaired) electrons. The van der Waals surface area contributed by atoms with Crippen molar-refractivity contribution in [1.29, 1.82) is 0 Å². The van der Waals surface area contributed by atoms with Crippen molar-refractivity contribution in [1.82, 2.24) is 15.5 Å². The number of rotatable bonds is 10. The number of primary amides is 1. The molecule has 0 aromatic rings. The molecule has 0 aliphatic carbocycles. The van der Waals surface area contributed by atoms with Crippen molar-refractivity contribution in [2.24, 2.45) is 17.4 Å². The van der Waals surface area contributed by atoms with Crippen molar-refractivity contribution in [2.45, 2.75) is 57.3 Å². The molecule has 1 fully saturated rings. The molecule has 4 atom stereocenters. The minimum atomic E-state index is -1.27. The molecule has 4 amide bonds. The maximum atomic E-state index is 13.0. The Balaban J connectivity index is 2.95. The second-order valence-electron chi connectivity index (χ2n) is 7.27. The summed E-state index contributed by atoms with van der Waals surface area (Å²) in [5.41, 5.74) is 11.0. The number of likely N-dealkylation sites (tertiary alicyclic amines) is 1. The number of carboxylic acids is 1. The normalized spacial score (nSPS) is 19.3. The molecule has 4 unspecified atom stereocenters. The molecule has 1 saturated heterocycles. The standard InChI is InChI=1S/C17H29N5O6S/c1-8(2)13(19)15(25)20-9(6-12(18)23)16(26)22-5-3-4-11(22)14(24)21-10(7-29)17(27)28/h8-11,13,29H,3-7,19H2,1-2H3,(H2,18,23)(H,20,25)(H,21,24)(H,27,28). The second kappa shape index (κ2) is 11.0. The van der Waals surface area contributed by atoms with Gasteiger partial charge in [0.15, 0.2) is 0 Å². The summed E-state index contributed by atoms with van der Waals surface area (Å²) in [6.07, 6.45) is 0.374. The van der Waals surface area contributed by atoms with Gasteiger partial charge in [-0.1, -0.05) is 13.8 Å². The van der Waals surface area contributed by atoms with Gasteiger partial charge in [0.25, 0.3) is 0 Å². The third kappa shape index (κ3) is 6.89. The van der Waals surface area contributed by atoms with Crippen LogP contribution in [-0.4, -0.2) is 76.1 Å². The molecular formula is C17H29N5O6S. The third-order valence-electron chi connectivity index (χ3n) is 4.68. The summed E-state index contributed by atoms with van der Waals surface area (Å²) in [6, 6.07) is -4.27. The number of nitrogens with zero attached hydrogens (tertiary/aromatic N) is 1. The highest BCUT2D eigenvalue weighted by Gasteiger charge is 2.39.